The Hall–Kier alpha value is -2.21. The average Bonchev–Trinajstić information content (AvgIpc) is 2.48. The number of hydrogen-bond donors (Lipinski definition) is 1. The van der Waals surface area contributed by atoms with Crippen molar-refractivity contribution in [1.82, 2.24) is 9.99 Å². The number of fused-ring (bicyclic) bond motifs is 1. The summed E-state index contributed by atoms with van der Waals surface area (Å²) in [5.41, 5.74) is 4.91. The van der Waals surface area contributed by atoms with Crippen LogP contribution in [0, 0.1) is 10.1 Å². The molecule has 0 amide bonds. The van der Waals surface area contributed by atoms with Gasteiger partial charge < -0.3 is 5.43 Å². The fourth-order valence-electron chi connectivity index (χ4n) is 2.58. The number of hydrazine groups is 1. The lowest BCUT2D eigenvalue weighted by Crippen LogP contribution is -2.34. The molecule has 2 heterocycles. The minimum Gasteiger partial charge on any atom is -0.317 e. The Balaban J connectivity index is 1.99. The summed E-state index contributed by atoms with van der Waals surface area (Å²) in [5, 5.41) is 13.8. The number of nitro benzene ring substituents is 1. The van der Waals surface area contributed by atoms with Crippen molar-refractivity contribution in [3.8, 4) is 0 Å². The number of anilines is 1. The number of nitro groups is 1. The maximum Gasteiger partial charge on any atom is 0.278 e. The van der Waals surface area contributed by atoms with Crippen molar-refractivity contribution in [2.75, 3.05) is 18.5 Å². The van der Waals surface area contributed by atoms with Gasteiger partial charge in [0.15, 0.2) is 0 Å². The Morgan fingerprint density at radius 1 is 1.20 bits per heavy atom. The monoisotopic (exact) mass is 272 g/mol. The molecule has 6 nitrogen and oxygen atoms in total. The maximum absolute atomic E-state index is 11.1. The number of hydrogen-bond acceptors (Lipinski definition) is 5. The molecule has 0 saturated carbocycles. The smallest absolute Gasteiger partial charge is 0.278 e. The van der Waals surface area contributed by atoms with E-state index in [1.807, 2.05) is 0 Å². The minimum atomic E-state index is -0.366. The summed E-state index contributed by atoms with van der Waals surface area (Å²) >= 11 is 0. The average molecular weight is 272 g/mol. The van der Waals surface area contributed by atoms with Gasteiger partial charge in [0.25, 0.3) is 5.69 Å². The Morgan fingerprint density at radius 2 is 2.00 bits per heavy atom. The molecule has 0 spiro atoms. The molecule has 1 N–H and O–H groups in total. The first-order chi connectivity index (χ1) is 9.75. The fraction of sp³-hybridized carbons (Fsp3) is 0.357. The SMILES string of the molecule is O=[N+]([O-])c1ccc(NN2CCCCC2)c2ncccc12. The Labute approximate surface area is 116 Å². The van der Waals surface area contributed by atoms with Crippen molar-refractivity contribution in [2.45, 2.75) is 19.3 Å². The third-order valence-electron chi connectivity index (χ3n) is 3.58. The molecule has 1 aromatic carbocycles. The summed E-state index contributed by atoms with van der Waals surface area (Å²) in [6, 6.07) is 6.74. The molecule has 0 atom stereocenters. The molecule has 0 aliphatic carbocycles. The van der Waals surface area contributed by atoms with E-state index in [2.05, 4.69) is 15.4 Å². The van der Waals surface area contributed by atoms with Gasteiger partial charge >= 0.3 is 0 Å². The summed E-state index contributed by atoms with van der Waals surface area (Å²) in [5.74, 6) is 0. The third-order valence-corrected chi connectivity index (χ3v) is 3.58. The van der Waals surface area contributed by atoms with E-state index in [4.69, 9.17) is 0 Å². The van der Waals surface area contributed by atoms with Gasteiger partial charge in [-0.2, -0.15) is 0 Å². The van der Waals surface area contributed by atoms with Gasteiger partial charge in [0.1, 0.15) is 5.52 Å². The van der Waals surface area contributed by atoms with Crippen molar-refractivity contribution >= 4 is 22.3 Å². The number of aromatic nitrogens is 1. The number of piperidine rings is 1. The van der Waals surface area contributed by atoms with Gasteiger partial charge in [-0.15, -0.1) is 0 Å². The molecule has 0 bridgehead atoms. The molecule has 0 radical (unpaired) electrons. The van der Waals surface area contributed by atoms with Gasteiger partial charge in [-0.1, -0.05) is 6.42 Å². The van der Waals surface area contributed by atoms with E-state index in [0.29, 0.717) is 10.9 Å². The zero-order valence-corrected chi connectivity index (χ0v) is 11.1. The first kappa shape index (κ1) is 12.8. The van der Waals surface area contributed by atoms with Crippen LogP contribution in [0.25, 0.3) is 10.9 Å². The van der Waals surface area contributed by atoms with Gasteiger partial charge in [-0.3, -0.25) is 15.1 Å². The molecular formula is C14H16N4O2. The summed E-state index contributed by atoms with van der Waals surface area (Å²) in [6.45, 7) is 1.98. The van der Waals surface area contributed by atoms with Gasteiger partial charge in [0.2, 0.25) is 0 Å². The predicted molar refractivity (Wildman–Crippen MR) is 77.4 cm³/mol. The van der Waals surface area contributed by atoms with Crippen molar-refractivity contribution in [3.05, 3.63) is 40.6 Å². The van der Waals surface area contributed by atoms with Crippen LogP contribution in [0.2, 0.25) is 0 Å². The highest BCUT2D eigenvalue weighted by atomic mass is 16.6. The lowest BCUT2D eigenvalue weighted by molar-refractivity contribution is -0.383. The molecule has 6 heteroatoms. The molecule has 1 aliphatic heterocycles. The standard InChI is InChI=1S/C14H16N4O2/c19-18(20)13-7-6-12(14-11(13)5-4-8-15-14)16-17-9-2-1-3-10-17/h4-8,16H,1-3,9-10H2. The third kappa shape index (κ3) is 2.42. The number of pyridine rings is 1. The van der Waals surface area contributed by atoms with Gasteiger partial charge in [-0.25, -0.2) is 5.01 Å². The van der Waals surface area contributed by atoms with Crippen molar-refractivity contribution < 1.29 is 4.92 Å². The highest BCUT2D eigenvalue weighted by Gasteiger charge is 2.17. The van der Waals surface area contributed by atoms with Crippen LogP contribution in [0.15, 0.2) is 30.5 Å². The normalized spacial score (nSPS) is 16.2. The molecule has 1 aliphatic rings. The number of benzene rings is 1. The molecule has 3 rings (SSSR count). The van der Waals surface area contributed by atoms with Gasteiger partial charge in [-0.05, 0) is 31.0 Å². The maximum atomic E-state index is 11.1. The Kier molecular flexibility index (Phi) is 3.47. The van der Waals surface area contributed by atoms with Gasteiger partial charge in [0, 0.05) is 25.4 Å². The van der Waals surface area contributed by atoms with Crippen LogP contribution < -0.4 is 5.43 Å². The van der Waals surface area contributed by atoms with Crippen molar-refractivity contribution in [1.29, 1.82) is 0 Å². The van der Waals surface area contributed by atoms with Crippen LogP contribution in [0.4, 0.5) is 11.4 Å². The predicted octanol–water partition coefficient (Wildman–Crippen LogP) is 2.96. The zero-order valence-electron chi connectivity index (χ0n) is 11.1. The van der Waals surface area contributed by atoms with E-state index in [0.717, 1.165) is 18.8 Å². The van der Waals surface area contributed by atoms with E-state index in [1.54, 1.807) is 24.4 Å². The number of rotatable bonds is 3. The highest BCUT2D eigenvalue weighted by molar-refractivity contribution is 5.96. The molecule has 2 aromatic rings. The molecule has 1 aromatic heterocycles. The van der Waals surface area contributed by atoms with Crippen LogP contribution in [0.5, 0.6) is 0 Å². The Bertz CT molecular complexity index is 638. The van der Waals surface area contributed by atoms with Crippen molar-refractivity contribution in [2.24, 2.45) is 0 Å². The zero-order chi connectivity index (χ0) is 13.9. The quantitative estimate of drug-likeness (QED) is 0.687. The molecular weight excluding hydrogens is 256 g/mol. The second-order valence-corrected chi connectivity index (χ2v) is 4.95. The first-order valence-corrected chi connectivity index (χ1v) is 6.79. The minimum absolute atomic E-state index is 0.0947. The fourth-order valence-corrected chi connectivity index (χ4v) is 2.58. The van der Waals surface area contributed by atoms with Crippen LogP contribution in [0.3, 0.4) is 0 Å². The van der Waals surface area contributed by atoms with Crippen molar-refractivity contribution in [3.63, 3.8) is 0 Å². The summed E-state index contributed by atoms with van der Waals surface area (Å²) < 4.78 is 0. The second kappa shape index (κ2) is 5.42. The lowest BCUT2D eigenvalue weighted by Gasteiger charge is -2.28. The highest BCUT2D eigenvalue weighted by Crippen LogP contribution is 2.30. The van der Waals surface area contributed by atoms with E-state index in [9.17, 15) is 10.1 Å². The van der Waals surface area contributed by atoms with Crippen LogP contribution in [-0.2, 0) is 0 Å². The van der Waals surface area contributed by atoms with Crippen LogP contribution in [-0.4, -0.2) is 28.0 Å². The number of nitrogens with zero attached hydrogens (tertiary/aromatic N) is 3. The molecule has 1 fully saturated rings. The molecule has 20 heavy (non-hydrogen) atoms. The van der Waals surface area contributed by atoms with E-state index in [1.165, 1.54) is 25.3 Å². The van der Waals surface area contributed by atoms with Crippen LogP contribution in [0.1, 0.15) is 19.3 Å². The Morgan fingerprint density at radius 3 is 2.75 bits per heavy atom. The van der Waals surface area contributed by atoms with E-state index >= 15 is 0 Å². The summed E-state index contributed by atoms with van der Waals surface area (Å²) in [4.78, 5) is 15.0. The largest absolute Gasteiger partial charge is 0.317 e. The topological polar surface area (TPSA) is 71.3 Å². The lowest BCUT2D eigenvalue weighted by atomic mass is 10.1. The van der Waals surface area contributed by atoms with E-state index < -0.39 is 0 Å². The number of nitrogens with one attached hydrogen (secondary N) is 1. The second-order valence-electron chi connectivity index (χ2n) is 4.95. The first-order valence-electron chi connectivity index (χ1n) is 6.79. The summed E-state index contributed by atoms with van der Waals surface area (Å²) in [7, 11) is 0. The van der Waals surface area contributed by atoms with E-state index in [-0.39, 0.29) is 10.6 Å². The van der Waals surface area contributed by atoms with Gasteiger partial charge in [0.05, 0.1) is 16.0 Å². The number of non-ortho nitro benzene ring substituents is 1. The molecule has 1 saturated heterocycles. The molecule has 104 valence electrons. The summed E-state index contributed by atoms with van der Waals surface area (Å²) in [6.07, 6.45) is 5.27. The van der Waals surface area contributed by atoms with Crippen LogP contribution >= 0.6 is 0 Å². The molecule has 0 unspecified atom stereocenters.